The molecule has 0 aliphatic heterocycles. The van der Waals surface area contributed by atoms with E-state index in [0.29, 0.717) is 29.7 Å². The van der Waals surface area contributed by atoms with Crippen molar-refractivity contribution >= 4 is 16.8 Å². The first-order valence-corrected chi connectivity index (χ1v) is 9.21. The monoisotopic (exact) mass is 364 g/mol. The molecule has 0 amide bonds. The first kappa shape index (κ1) is 22.3. The maximum atomic E-state index is 13.9. The van der Waals surface area contributed by atoms with E-state index < -0.39 is 5.60 Å². The fourth-order valence-corrected chi connectivity index (χ4v) is 2.77. The quantitative estimate of drug-likeness (QED) is 0.818. The van der Waals surface area contributed by atoms with Gasteiger partial charge in [0.05, 0.1) is 11.1 Å². The van der Waals surface area contributed by atoms with Crippen LogP contribution in [0.2, 0.25) is 0 Å². The van der Waals surface area contributed by atoms with Gasteiger partial charge in [-0.3, -0.25) is 4.79 Å². The van der Waals surface area contributed by atoms with Crippen LogP contribution in [-0.4, -0.2) is 20.4 Å². The number of aryl methyl sites for hydroxylation is 2. The maximum absolute atomic E-state index is 13.9. The number of nitrogens with zero attached hydrogens (tertiary/aromatic N) is 2. The zero-order chi connectivity index (χ0) is 20.3. The van der Waals surface area contributed by atoms with Gasteiger partial charge in [0.1, 0.15) is 17.1 Å². The zero-order valence-electron chi connectivity index (χ0n) is 17.4. The number of hydrogen-bond donors (Lipinski definition) is 1. The molecular formula is C21H33FN2O2. The Kier molecular flexibility index (Phi) is 7.11. The van der Waals surface area contributed by atoms with E-state index in [2.05, 4.69) is 25.8 Å². The summed E-state index contributed by atoms with van der Waals surface area (Å²) >= 11 is 0. The van der Waals surface area contributed by atoms with Gasteiger partial charge in [0, 0.05) is 19.4 Å². The molecular weight excluding hydrogens is 331 g/mol. The predicted molar refractivity (Wildman–Crippen MR) is 105 cm³/mol. The number of halogens is 1. The lowest BCUT2D eigenvalue weighted by molar-refractivity contribution is -0.120. The molecule has 2 aromatic rings. The second-order valence-electron chi connectivity index (χ2n) is 8.42. The van der Waals surface area contributed by atoms with Crippen LogP contribution in [0.25, 0.3) is 11.0 Å². The first-order chi connectivity index (χ1) is 11.8. The average Bonchev–Trinajstić information content (AvgIpc) is 2.81. The van der Waals surface area contributed by atoms with Crippen molar-refractivity contribution in [1.82, 2.24) is 9.55 Å². The van der Waals surface area contributed by atoms with Crippen molar-refractivity contribution in [2.24, 2.45) is 5.41 Å². The highest BCUT2D eigenvalue weighted by Crippen LogP contribution is 2.27. The van der Waals surface area contributed by atoms with Crippen LogP contribution in [0.4, 0.5) is 4.39 Å². The summed E-state index contributed by atoms with van der Waals surface area (Å²) in [7, 11) is 0. The number of aromatic nitrogens is 2. The minimum absolute atomic E-state index is 0.174. The molecule has 26 heavy (non-hydrogen) atoms. The number of ketones is 1. The molecule has 0 atom stereocenters. The summed E-state index contributed by atoms with van der Waals surface area (Å²) in [5, 5.41) is 9.95. The average molecular weight is 365 g/mol. The third-order valence-electron chi connectivity index (χ3n) is 4.14. The second kappa shape index (κ2) is 8.30. The van der Waals surface area contributed by atoms with Crippen molar-refractivity contribution in [2.75, 3.05) is 0 Å². The van der Waals surface area contributed by atoms with Crippen LogP contribution in [-0.2, 0) is 16.9 Å². The molecule has 146 valence electrons. The molecule has 1 heterocycles. The smallest absolute Gasteiger partial charge is 0.151 e. The largest absolute Gasteiger partial charge is 0.386 e. The highest BCUT2D eigenvalue weighted by Gasteiger charge is 2.20. The highest BCUT2D eigenvalue weighted by molar-refractivity contribution is 5.78. The number of rotatable bonds is 4. The number of aliphatic hydroxyl groups is 1. The van der Waals surface area contributed by atoms with E-state index in [1.165, 1.54) is 6.07 Å². The second-order valence-corrected chi connectivity index (χ2v) is 8.42. The molecule has 0 bridgehead atoms. The van der Waals surface area contributed by atoms with Gasteiger partial charge in [-0.2, -0.15) is 0 Å². The Morgan fingerprint density at radius 3 is 2.15 bits per heavy atom. The van der Waals surface area contributed by atoms with Crippen molar-refractivity contribution in [2.45, 2.75) is 80.4 Å². The van der Waals surface area contributed by atoms with E-state index in [9.17, 15) is 14.3 Å². The van der Waals surface area contributed by atoms with Crippen molar-refractivity contribution in [3.8, 4) is 0 Å². The molecule has 0 fully saturated rings. The van der Waals surface area contributed by atoms with Crippen LogP contribution >= 0.6 is 0 Å². The zero-order valence-corrected chi connectivity index (χ0v) is 17.4. The molecule has 4 nitrogen and oxygen atoms in total. The Hall–Kier alpha value is -1.75. The minimum Gasteiger partial charge on any atom is -0.386 e. The van der Waals surface area contributed by atoms with E-state index in [1.807, 2.05) is 31.4 Å². The molecule has 1 aromatic heterocycles. The van der Waals surface area contributed by atoms with E-state index in [4.69, 9.17) is 0 Å². The van der Waals surface area contributed by atoms with Gasteiger partial charge >= 0.3 is 0 Å². The molecule has 0 unspecified atom stereocenters. The van der Waals surface area contributed by atoms with Crippen molar-refractivity contribution in [1.29, 1.82) is 0 Å². The summed E-state index contributed by atoms with van der Waals surface area (Å²) in [6, 6.07) is 3.16. The Bertz CT molecular complexity index is 765. The molecule has 0 saturated heterocycles. The minimum atomic E-state index is -1.05. The standard InChI is InChI=1S/C13H17FN2O.C8H16O/c1-5-16-8(2)15-12-10(14)6-9(7-11(12)16)13(3,4)17;1-5-7(9)6-8(2,3)4/h6-7,17H,5H2,1-4H3;5-6H2,1-4H3. The van der Waals surface area contributed by atoms with E-state index in [-0.39, 0.29) is 11.2 Å². The summed E-state index contributed by atoms with van der Waals surface area (Å²) in [6.45, 7) is 16.0. The number of imidazole rings is 1. The third-order valence-corrected chi connectivity index (χ3v) is 4.14. The van der Waals surface area contributed by atoms with Gasteiger partial charge < -0.3 is 9.67 Å². The Morgan fingerprint density at radius 2 is 1.77 bits per heavy atom. The number of hydrogen-bond acceptors (Lipinski definition) is 3. The normalized spacial score (nSPS) is 12.1. The lowest BCUT2D eigenvalue weighted by atomic mass is 9.89. The van der Waals surface area contributed by atoms with Crippen LogP contribution in [0.5, 0.6) is 0 Å². The Morgan fingerprint density at radius 1 is 1.19 bits per heavy atom. The molecule has 0 radical (unpaired) electrons. The van der Waals surface area contributed by atoms with Gasteiger partial charge in [-0.25, -0.2) is 9.37 Å². The molecule has 2 rings (SSSR count). The van der Waals surface area contributed by atoms with Crippen LogP contribution in [0, 0.1) is 18.2 Å². The molecule has 0 aliphatic rings. The predicted octanol–water partition coefficient (Wildman–Crippen LogP) is 5.13. The summed E-state index contributed by atoms with van der Waals surface area (Å²) in [5.74, 6) is 0.770. The van der Waals surface area contributed by atoms with Gasteiger partial charge in [0.15, 0.2) is 5.82 Å². The van der Waals surface area contributed by atoms with Gasteiger partial charge in [-0.1, -0.05) is 27.7 Å². The third kappa shape index (κ3) is 5.90. The topological polar surface area (TPSA) is 55.1 Å². The van der Waals surface area contributed by atoms with E-state index in [0.717, 1.165) is 17.9 Å². The highest BCUT2D eigenvalue weighted by atomic mass is 19.1. The summed E-state index contributed by atoms with van der Waals surface area (Å²) < 4.78 is 15.9. The number of benzene rings is 1. The maximum Gasteiger partial charge on any atom is 0.151 e. The number of carbonyl (C=O) groups is 1. The van der Waals surface area contributed by atoms with E-state index in [1.54, 1.807) is 13.8 Å². The summed E-state index contributed by atoms with van der Waals surface area (Å²) in [4.78, 5) is 15.0. The van der Waals surface area contributed by atoms with Gasteiger partial charge in [-0.15, -0.1) is 0 Å². The summed E-state index contributed by atoms with van der Waals surface area (Å²) in [6.07, 6.45) is 1.39. The van der Waals surface area contributed by atoms with Gasteiger partial charge in [-0.05, 0) is 50.8 Å². The van der Waals surface area contributed by atoms with Crippen LogP contribution in [0.3, 0.4) is 0 Å². The van der Waals surface area contributed by atoms with Crippen LogP contribution in [0.1, 0.15) is 72.7 Å². The first-order valence-electron chi connectivity index (χ1n) is 9.21. The lowest BCUT2D eigenvalue weighted by Gasteiger charge is -2.18. The molecule has 1 N–H and O–H groups in total. The van der Waals surface area contributed by atoms with Crippen molar-refractivity contribution in [3.63, 3.8) is 0 Å². The Labute approximate surface area is 156 Å². The fourth-order valence-electron chi connectivity index (χ4n) is 2.77. The van der Waals surface area contributed by atoms with Gasteiger partial charge in [0.2, 0.25) is 0 Å². The molecule has 5 heteroatoms. The van der Waals surface area contributed by atoms with Gasteiger partial charge in [0.25, 0.3) is 0 Å². The van der Waals surface area contributed by atoms with Crippen LogP contribution in [0.15, 0.2) is 12.1 Å². The number of carbonyl (C=O) groups excluding carboxylic acids is 1. The number of Topliss-reactive ketones (excluding diaryl/α,β-unsaturated/α-hetero) is 1. The van der Waals surface area contributed by atoms with Crippen molar-refractivity contribution < 1.29 is 14.3 Å². The lowest BCUT2D eigenvalue weighted by Crippen LogP contribution is -2.16. The molecule has 0 aliphatic carbocycles. The van der Waals surface area contributed by atoms with Crippen molar-refractivity contribution in [3.05, 3.63) is 29.3 Å². The fraction of sp³-hybridized carbons (Fsp3) is 0.619. The molecule has 0 saturated carbocycles. The molecule has 0 spiro atoms. The number of fused-ring (bicyclic) bond motifs is 1. The van der Waals surface area contributed by atoms with Crippen LogP contribution < -0.4 is 0 Å². The van der Waals surface area contributed by atoms with E-state index >= 15 is 0 Å². The molecule has 1 aromatic carbocycles. The Balaban J connectivity index is 0.000000321. The summed E-state index contributed by atoms with van der Waals surface area (Å²) in [5.41, 5.74) is 0.801. The SMILES string of the molecule is CCC(=O)CC(C)(C)C.CCn1c(C)nc2c(F)cc(C(C)(C)O)cc21.